The lowest BCUT2D eigenvalue weighted by molar-refractivity contribution is -0.384. The summed E-state index contributed by atoms with van der Waals surface area (Å²) in [5, 5.41) is 20.7. The minimum absolute atomic E-state index is 0.0751. The van der Waals surface area contributed by atoms with Gasteiger partial charge in [0.25, 0.3) is 5.69 Å². The van der Waals surface area contributed by atoms with Gasteiger partial charge in [0.15, 0.2) is 0 Å². The van der Waals surface area contributed by atoms with Crippen LogP contribution in [-0.4, -0.2) is 16.0 Å². The monoisotopic (exact) mass is 313 g/mol. The van der Waals surface area contributed by atoms with Gasteiger partial charge in [-0.2, -0.15) is 0 Å². The predicted molar refractivity (Wildman–Crippen MR) is 83.4 cm³/mol. The third-order valence-electron chi connectivity index (χ3n) is 3.22. The maximum absolute atomic E-state index is 11.9. The summed E-state index contributed by atoms with van der Waals surface area (Å²) < 4.78 is 5.09. The number of nitrogens with zero attached hydrogens (tertiary/aromatic N) is 1. The van der Waals surface area contributed by atoms with E-state index in [2.05, 4.69) is 6.58 Å². The van der Waals surface area contributed by atoms with E-state index >= 15 is 0 Å². The molecular formula is C17H15NO5. The Labute approximate surface area is 132 Å². The van der Waals surface area contributed by atoms with Crippen LogP contribution in [0.1, 0.15) is 17.2 Å². The predicted octanol–water partition coefficient (Wildman–Crippen LogP) is 2.93. The van der Waals surface area contributed by atoms with Crippen molar-refractivity contribution in [3.63, 3.8) is 0 Å². The Morgan fingerprint density at radius 2 is 1.78 bits per heavy atom. The lowest BCUT2D eigenvalue weighted by Gasteiger charge is -2.13. The second-order valence-corrected chi connectivity index (χ2v) is 4.84. The average Bonchev–Trinajstić information content (AvgIpc) is 2.59. The molecular weight excluding hydrogens is 298 g/mol. The van der Waals surface area contributed by atoms with Crippen molar-refractivity contribution >= 4 is 11.7 Å². The zero-order chi connectivity index (χ0) is 16.8. The van der Waals surface area contributed by atoms with Gasteiger partial charge in [0, 0.05) is 12.1 Å². The quantitative estimate of drug-likeness (QED) is 0.383. The number of hydrogen-bond donors (Lipinski definition) is 1. The van der Waals surface area contributed by atoms with Crippen molar-refractivity contribution in [1.82, 2.24) is 0 Å². The number of non-ortho nitro benzene ring substituents is 1. The maximum Gasteiger partial charge on any atom is 0.336 e. The standard InChI is InChI=1S/C17H15NO5/c1-12(17(20)23-11-13-5-3-2-4-6-13)16(19)14-7-9-15(10-8-14)18(21)22/h2-10,16,19H,1,11H2/t16-/m0/s1. The van der Waals surface area contributed by atoms with Crippen LogP contribution in [0.25, 0.3) is 0 Å². The third-order valence-corrected chi connectivity index (χ3v) is 3.22. The number of rotatable bonds is 6. The summed E-state index contributed by atoms with van der Waals surface area (Å²) in [6.45, 7) is 3.62. The number of benzene rings is 2. The van der Waals surface area contributed by atoms with E-state index in [4.69, 9.17) is 4.74 Å². The number of ether oxygens (including phenoxy) is 1. The van der Waals surface area contributed by atoms with E-state index in [-0.39, 0.29) is 17.9 Å². The Morgan fingerprint density at radius 3 is 2.35 bits per heavy atom. The molecule has 0 heterocycles. The van der Waals surface area contributed by atoms with Crippen LogP contribution >= 0.6 is 0 Å². The van der Waals surface area contributed by atoms with Crippen molar-refractivity contribution in [2.75, 3.05) is 0 Å². The van der Waals surface area contributed by atoms with Gasteiger partial charge in [-0.3, -0.25) is 10.1 Å². The van der Waals surface area contributed by atoms with Gasteiger partial charge in [-0.15, -0.1) is 0 Å². The van der Waals surface area contributed by atoms with Crippen molar-refractivity contribution in [2.45, 2.75) is 12.7 Å². The summed E-state index contributed by atoms with van der Waals surface area (Å²) in [5.74, 6) is -0.722. The Balaban J connectivity index is 1.98. The molecule has 0 aromatic heterocycles. The minimum atomic E-state index is -1.28. The number of hydrogen-bond acceptors (Lipinski definition) is 5. The van der Waals surface area contributed by atoms with Crippen LogP contribution in [0.2, 0.25) is 0 Å². The van der Waals surface area contributed by atoms with Crippen LogP contribution in [0.3, 0.4) is 0 Å². The molecule has 0 saturated heterocycles. The van der Waals surface area contributed by atoms with Crippen LogP contribution < -0.4 is 0 Å². The second kappa shape index (κ2) is 7.33. The summed E-state index contributed by atoms with van der Waals surface area (Å²) in [7, 11) is 0. The van der Waals surface area contributed by atoms with Crippen molar-refractivity contribution in [1.29, 1.82) is 0 Å². The molecule has 1 atom stereocenters. The molecule has 6 heteroatoms. The fourth-order valence-electron chi connectivity index (χ4n) is 1.91. The molecule has 0 amide bonds. The summed E-state index contributed by atoms with van der Waals surface area (Å²) in [5.41, 5.74) is 0.920. The van der Waals surface area contributed by atoms with E-state index in [0.29, 0.717) is 5.56 Å². The molecule has 0 radical (unpaired) electrons. The van der Waals surface area contributed by atoms with Crippen molar-refractivity contribution in [3.8, 4) is 0 Å². The highest BCUT2D eigenvalue weighted by Gasteiger charge is 2.20. The highest BCUT2D eigenvalue weighted by Crippen LogP contribution is 2.23. The number of carbonyl (C=O) groups excluding carboxylic acids is 1. The van der Waals surface area contributed by atoms with Crippen molar-refractivity contribution in [3.05, 3.63) is 88.0 Å². The average molecular weight is 313 g/mol. The zero-order valence-electron chi connectivity index (χ0n) is 12.2. The fraction of sp³-hybridized carbons (Fsp3) is 0.118. The first kappa shape index (κ1) is 16.4. The summed E-state index contributed by atoms with van der Waals surface area (Å²) in [6.07, 6.45) is -1.28. The van der Waals surface area contributed by atoms with E-state index < -0.39 is 17.0 Å². The number of carbonyl (C=O) groups is 1. The molecule has 0 aliphatic carbocycles. The van der Waals surface area contributed by atoms with Gasteiger partial charge in [-0.05, 0) is 23.3 Å². The van der Waals surface area contributed by atoms with E-state index in [0.717, 1.165) is 5.56 Å². The molecule has 0 unspecified atom stereocenters. The van der Waals surface area contributed by atoms with E-state index in [9.17, 15) is 20.0 Å². The molecule has 0 aliphatic heterocycles. The molecule has 0 aliphatic rings. The summed E-state index contributed by atoms with van der Waals surface area (Å²) in [4.78, 5) is 22.0. The summed E-state index contributed by atoms with van der Waals surface area (Å²) in [6, 6.07) is 14.4. The number of aliphatic hydroxyl groups is 1. The Kier molecular flexibility index (Phi) is 5.22. The first-order chi connectivity index (χ1) is 11.0. The van der Waals surface area contributed by atoms with Crippen LogP contribution in [-0.2, 0) is 16.1 Å². The minimum Gasteiger partial charge on any atom is -0.457 e. The molecule has 0 saturated carbocycles. The Hall–Kier alpha value is -2.99. The van der Waals surface area contributed by atoms with Gasteiger partial charge in [-0.25, -0.2) is 4.79 Å². The highest BCUT2D eigenvalue weighted by molar-refractivity contribution is 5.89. The van der Waals surface area contributed by atoms with Crippen LogP contribution in [0, 0.1) is 10.1 Å². The van der Waals surface area contributed by atoms with Crippen LogP contribution in [0.15, 0.2) is 66.7 Å². The maximum atomic E-state index is 11.9. The molecule has 2 aromatic carbocycles. The number of nitro groups is 1. The van der Waals surface area contributed by atoms with Gasteiger partial charge in [-0.1, -0.05) is 36.9 Å². The van der Waals surface area contributed by atoms with Gasteiger partial charge in [0.2, 0.25) is 0 Å². The number of esters is 1. The molecule has 2 aromatic rings. The third kappa shape index (κ3) is 4.24. The smallest absolute Gasteiger partial charge is 0.336 e. The zero-order valence-corrected chi connectivity index (χ0v) is 12.2. The summed E-state index contributed by atoms with van der Waals surface area (Å²) >= 11 is 0. The highest BCUT2D eigenvalue weighted by atomic mass is 16.6. The van der Waals surface area contributed by atoms with Gasteiger partial charge >= 0.3 is 5.97 Å². The lowest BCUT2D eigenvalue weighted by Crippen LogP contribution is -2.13. The molecule has 118 valence electrons. The van der Waals surface area contributed by atoms with Crippen molar-refractivity contribution in [2.24, 2.45) is 0 Å². The molecule has 2 rings (SSSR count). The Morgan fingerprint density at radius 1 is 1.17 bits per heavy atom. The largest absolute Gasteiger partial charge is 0.457 e. The molecule has 6 nitrogen and oxygen atoms in total. The molecule has 0 bridgehead atoms. The van der Waals surface area contributed by atoms with Gasteiger partial charge < -0.3 is 9.84 Å². The SMILES string of the molecule is C=C(C(=O)OCc1ccccc1)[C@H](O)c1ccc([N+](=O)[O-])cc1. The normalized spacial score (nSPS) is 11.5. The van der Waals surface area contributed by atoms with Crippen molar-refractivity contribution < 1.29 is 19.6 Å². The molecule has 23 heavy (non-hydrogen) atoms. The van der Waals surface area contributed by atoms with Crippen LogP contribution in [0.4, 0.5) is 5.69 Å². The lowest BCUT2D eigenvalue weighted by atomic mass is 10.0. The van der Waals surface area contributed by atoms with Gasteiger partial charge in [0.05, 0.1) is 10.5 Å². The van der Waals surface area contributed by atoms with E-state index in [1.165, 1.54) is 24.3 Å². The van der Waals surface area contributed by atoms with E-state index in [1.807, 2.05) is 30.3 Å². The second-order valence-electron chi connectivity index (χ2n) is 4.84. The topological polar surface area (TPSA) is 89.7 Å². The molecule has 1 N–H and O–H groups in total. The number of nitro benzene ring substituents is 1. The van der Waals surface area contributed by atoms with Gasteiger partial charge in [0.1, 0.15) is 12.7 Å². The fourth-order valence-corrected chi connectivity index (χ4v) is 1.91. The molecule has 0 fully saturated rings. The number of aliphatic hydroxyl groups excluding tert-OH is 1. The first-order valence-corrected chi connectivity index (χ1v) is 6.81. The first-order valence-electron chi connectivity index (χ1n) is 6.81. The molecule has 0 spiro atoms. The Bertz CT molecular complexity index is 710. The van der Waals surface area contributed by atoms with E-state index in [1.54, 1.807) is 0 Å². The van der Waals surface area contributed by atoms with Crippen LogP contribution in [0.5, 0.6) is 0 Å².